The third-order valence-electron chi connectivity index (χ3n) is 3.83. The molecule has 0 bridgehead atoms. The molecule has 0 spiro atoms. The van der Waals surface area contributed by atoms with Crippen LogP contribution in [-0.4, -0.2) is 26.2 Å². The molecule has 102 valence electrons. The van der Waals surface area contributed by atoms with Crippen LogP contribution in [0.15, 0.2) is 52.3 Å². The number of hydrogen-bond donors (Lipinski definition) is 2. The SMILES string of the molecule is c1ccc2c(c1)Nc1c(cccc1N1CCNCC1)S2. The topological polar surface area (TPSA) is 27.3 Å². The molecule has 4 heteroatoms. The maximum Gasteiger partial charge on any atom is 0.0764 e. The van der Waals surface area contributed by atoms with E-state index in [4.69, 9.17) is 0 Å². The number of piperazine rings is 1. The average Bonchev–Trinajstić information content (AvgIpc) is 2.53. The zero-order valence-electron chi connectivity index (χ0n) is 11.2. The van der Waals surface area contributed by atoms with Crippen LogP contribution in [0.5, 0.6) is 0 Å². The monoisotopic (exact) mass is 283 g/mol. The molecule has 2 aromatic rings. The van der Waals surface area contributed by atoms with E-state index < -0.39 is 0 Å². The fourth-order valence-electron chi connectivity index (χ4n) is 2.81. The van der Waals surface area contributed by atoms with Crippen molar-refractivity contribution in [3.63, 3.8) is 0 Å². The third kappa shape index (κ3) is 2.05. The summed E-state index contributed by atoms with van der Waals surface area (Å²) in [4.78, 5) is 5.09. The Morgan fingerprint density at radius 2 is 1.70 bits per heavy atom. The maximum atomic E-state index is 3.62. The van der Waals surface area contributed by atoms with Gasteiger partial charge in [-0.3, -0.25) is 0 Å². The molecule has 2 heterocycles. The van der Waals surface area contributed by atoms with E-state index in [1.807, 2.05) is 11.8 Å². The van der Waals surface area contributed by atoms with Gasteiger partial charge in [0.15, 0.2) is 0 Å². The molecule has 0 aliphatic carbocycles. The fraction of sp³-hybridized carbons (Fsp3) is 0.250. The summed E-state index contributed by atoms with van der Waals surface area (Å²) in [6.07, 6.45) is 0. The van der Waals surface area contributed by atoms with Crippen molar-refractivity contribution < 1.29 is 0 Å². The van der Waals surface area contributed by atoms with Gasteiger partial charge in [0.25, 0.3) is 0 Å². The van der Waals surface area contributed by atoms with E-state index in [2.05, 4.69) is 58.0 Å². The van der Waals surface area contributed by atoms with Crippen molar-refractivity contribution in [3.8, 4) is 0 Å². The molecule has 2 aliphatic rings. The van der Waals surface area contributed by atoms with Crippen molar-refractivity contribution in [2.45, 2.75) is 9.79 Å². The third-order valence-corrected chi connectivity index (χ3v) is 4.96. The molecule has 0 amide bonds. The normalized spacial score (nSPS) is 17.1. The average molecular weight is 283 g/mol. The van der Waals surface area contributed by atoms with E-state index in [0.717, 1.165) is 26.2 Å². The quantitative estimate of drug-likeness (QED) is 0.716. The van der Waals surface area contributed by atoms with Gasteiger partial charge in [0.1, 0.15) is 0 Å². The van der Waals surface area contributed by atoms with Crippen molar-refractivity contribution in [2.24, 2.45) is 0 Å². The summed E-state index contributed by atoms with van der Waals surface area (Å²) in [6.45, 7) is 4.27. The fourth-order valence-corrected chi connectivity index (χ4v) is 3.83. The van der Waals surface area contributed by atoms with Crippen molar-refractivity contribution in [2.75, 3.05) is 36.4 Å². The highest BCUT2D eigenvalue weighted by atomic mass is 32.2. The van der Waals surface area contributed by atoms with E-state index in [9.17, 15) is 0 Å². The molecule has 2 aromatic carbocycles. The second-order valence-electron chi connectivity index (χ2n) is 5.11. The standard InChI is InChI=1S/C16H17N3S/c1-2-6-14-12(4-1)18-16-13(5-3-7-15(16)20-14)19-10-8-17-9-11-19/h1-7,17-18H,8-11H2. The maximum absolute atomic E-state index is 3.62. The first-order valence-electron chi connectivity index (χ1n) is 7.04. The number of rotatable bonds is 1. The molecule has 2 N–H and O–H groups in total. The number of nitrogens with one attached hydrogen (secondary N) is 2. The Morgan fingerprint density at radius 3 is 2.60 bits per heavy atom. The van der Waals surface area contributed by atoms with E-state index in [-0.39, 0.29) is 0 Å². The van der Waals surface area contributed by atoms with Gasteiger partial charge in [-0.1, -0.05) is 30.0 Å². The van der Waals surface area contributed by atoms with E-state index in [1.54, 1.807) is 0 Å². The van der Waals surface area contributed by atoms with Gasteiger partial charge in [-0.15, -0.1) is 0 Å². The lowest BCUT2D eigenvalue weighted by atomic mass is 10.2. The number of fused-ring (bicyclic) bond motifs is 2. The number of nitrogens with zero attached hydrogens (tertiary/aromatic N) is 1. The highest BCUT2D eigenvalue weighted by molar-refractivity contribution is 7.99. The van der Waals surface area contributed by atoms with Crippen molar-refractivity contribution in [3.05, 3.63) is 42.5 Å². The lowest BCUT2D eigenvalue weighted by Gasteiger charge is -2.33. The van der Waals surface area contributed by atoms with Gasteiger partial charge in [-0.2, -0.15) is 0 Å². The zero-order valence-corrected chi connectivity index (χ0v) is 12.0. The number of hydrogen-bond acceptors (Lipinski definition) is 4. The molecule has 1 fully saturated rings. The Hall–Kier alpha value is -1.65. The molecule has 0 unspecified atom stereocenters. The molecule has 4 rings (SSSR count). The van der Waals surface area contributed by atoms with Crippen LogP contribution in [0, 0.1) is 0 Å². The molecule has 0 aromatic heterocycles. The summed E-state index contributed by atoms with van der Waals surface area (Å²) in [5, 5.41) is 7.04. The zero-order chi connectivity index (χ0) is 13.4. The van der Waals surface area contributed by atoms with E-state index in [1.165, 1.54) is 26.9 Å². The molecule has 0 saturated carbocycles. The summed E-state index contributed by atoms with van der Waals surface area (Å²) >= 11 is 1.86. The van der Waals surface area contributed by atoms with Gasteiger partial charge in [-0.25, -0.2) is 0 Å². The lowest BCUT2D eigenvalue weighted by molar-refractivity contribution is 0.589. The molecule has 3 nitrogen and oxygen atoms in total. The number of para-hydroxylation sites is 2. The summed E-state index contributed by atoms with van der Waals surface area (Å²) in [6, 6.07) is 15.1. The molecular formula is C16H17N3S. The highest BCUT2D eigenvalue weighted by Gasteiger charge is 2.21. The van der Waals surface area contributed by atoms with Crippen molar-refractivity contribution >= 4 is 28.8 Å². The van der Waals surface area contributed by atoms with Gasteiger partial charge in [-0.05, 0) is 24.3 Å². The Bertz CT molecular complexity index is 635. The number of benzene rings is 2. The Kier molecular flexibility index (Phi) is 3.05. The van der Waals surface area contributed by atoms with Gasteiger partial charge in [0.2, 0.25) is 0 Å². The second-order valence-corrected chi connectivity index (χ2v) is 6.19. The van der Waals surface area contributed by atoms with Crippen LogP contribution in [0.4, 0.5) is 17.1 Å². The van der Waals surface area contributed by atoms with Gasteiger partial charge in [0.05, 0.1) is 17.1 Å². The van der Waals surface area contributed by atoms with Gasteiger partial charge in [0, 0.05) is 36.0 Å². The molecule has 2 aliphatic heterocycles. The van der Waals surface area contributed by atoms with Crippen LogP contribution in [0.3, 0.4) is 0 Å². The minimum atomic E-state index is 1.06. The second kappa shape index (κ2) is 5.04. The van der Waals surface area contributed by atoms with Crippen LogP contribution < -0.4 is 15.5 Å². The Balaban J connectivity index is 1.74. The summed E-state index contributed by atoms with van der Waals surface area (Å²) in [5.41, 5.74) is 3.80. The van der Waals surface area contributed by atoms with Crippen LogP contribution >= 0.6 is 11.8 Å². The Morgan fingerprint density at radius 1 is 0.900 bits per heavy atom. The lowest BCUT2D eigenvalue weighted by Crippen LogP contribution is -2.43. The van der Waals surface area contributed by atoms with Crippen LogP contribution in [0.25, 0.3) is 0 Å². The van der Waals surface area contributed by atoms with Gasteiger partial charge < -0.3 is 15.5 Å². The van der Waals surface area contributed by atoms with Crippen molar-refractivity contribution in [1.29, 1.82) is 0 Å². The van der Waals surface area contributed by atoms with E-state index in [0.29, 0.717) is 0 Å². The largest absolute Gasteiger partial charge is 0.367 e. The predicted octanol–water partition coefficient (Wildman–Crippen LogP) is 3.30. The number of anilines is 3. The molecule has 20 heavy (non-hydrogen) atoms. The van der Waals surface area contributed by atoms with Crippen LogP contribution in [0.1, 0.15) is 0 Å². The first-order valence-corrected chi connectivity index (χ1v) is 7.86. The van der Waals surface area contributed by atoms with Gasteiger partial charge >= 0.3 is 0 Å². The molecule has 1 saturated heterocycles. The Labute approximate surface area is 123 Å². The summed E-state index contributed by atoms with van der Waals surface area (Å²) < 4.78 is 0. The smallest absolute Gasteiger partial charge is 0.0764 e. The predicted molar refractivity (Wildman–Crippen MR) is 85.4 cm³/mol. The van der Waals surface area contributed by atoms with Crippen molar-refractivity contribution in [1.82, 2.24) is 5.32 Å². The minimum absolute atomic E-state index is 1.06. The van der Waals surface area contributed by atoms with E-state index >= 15 is 0 Å². The first kappa shape index (κ1) is 12.1. The molecule has 0 radical (unpaired) electrons. The van der Waals surface area contributed by atoms with Crippen LogP contribution in [-0.2, 0) is 0 Å². The van der Waals surface area contributed by atoms with Crippen LogP contribution in [0.2, 0.25) is 0 Å². The summed E-state index contributed by atoms with van der Waals surface area (Å²) in [5.74, 6) is 0. The summed E-state index contributed by atoms with van der Waals surface area (Å²) in [7, 11) is 0. The molecule has 0 atom stereocenters. The first-order chi connectivity index (χ1) is 9.92. The minimum Gasteiger partial charge on any atom is -0.367 e. The molecular weight excluding hydrogens is 266 g/mol. The highest BCUT2D eigenvalue weighted by Crippen LogP contribution is 2.47.